The van der Waals surface area contributed by atoms with Crippen LogP contribution in [0, 0.1) is 5.92 Å². The van der Waals surface area contributed by atoms with E-state index in [0.717, 1.165) is 11.1 Å². The summed E-state index contributed by atoms with van der Waals surface area (Å²) in [6.07, 6.45) is 2.99. The number of nitrogens with one attached hydrogen (secondary N) is 1. The van der Waals surface area contributed by atoms with E-state index in [1.165, 1.54) is 12.0 Å². The van der Waals surface area contributed by atoms with Gasteiger partial charge in [0.15, 0.2) is 0 Å². The molecule has 1 fully saturated rings. The molecule has 7 nitrogen and oxygen atoms in total. The number of carbonyl (C=O) groups is 3. The SMILES string of the molecule is COC(=O)[C@H](C(C)C)N1C(=O)[C@H](NC(=O)OCc2ccccc2)[C@@H]1C=Cc1ccccc1. The average Bonchev–Trinajstić information content (AvgIpc) is 2.81. The van der Waals surface area contributed by atoms with Crippen LogP contribution in [-0.4, -0.2) is 48.1 Å². The molecule has 2 amide bonds. The van der Waals surface area contributed by atoms with Crippen LogP contribution in [-0.2, 0) is 25.7 Å². The number of amides is 2. The molecule has 1 aliphatic rings. The molecular weight excluding hydrogens is 408 g/mol. The van der Waals surface area contributed by atoms with Crippen molar-refractivity contribution in [1.82, 2.24) is 10.2 Å². The number of nitrogens with zero attached hydrogens (tertiary/aromatic N) is 1. The van der Waals surface area contributed by atoms with Gasteiger partial charge in [0.25, 0.3) is 0 Å². The lowest BCUT2D eigenvalue weighted by molar-refractivity contribution is -0.167. The number of ether oxygens (including phenoxy) is 2. The van der Waals surface area contributed by atoms with Gasteiger partial charge in [-0.3, -0.25) is 4.79 Å². The van der Waals surface area contributed by atoms with Crippen molar-refractivity contribution in [2.75, 3.05) is 7.11 Å². The average molecular weight is 437 g/mol. The summed E-state index contributed by atoms with van der Waals surface area (Å²) >= 11 is 0. The van der Waals surface area contributed by atoms with Gasteiger partial charge in [-0.15, -0.1) is 0 Å². The second kappa shape index (κ2) is 10.6. The number of hydrogen-bond acceptors (Lipinski definition) is 5. The second-order valence-corrected chi connectivity index (χ2v) is 7.90. The zero-order chi connectivity index (χ0) is 23.1. The summed E-state index contributed by atoms with van der Waals surface area (Å²) in [7, 11) is 1.30. The van der Waals surface area contributed by atoms with E-state index in [1.54, 1.807) is 0 Å². The number of likely N-dealkylation sites (tertiary alicyclic amines) is 1. The van der Waals surface area contributed by atoms with Gasteiger partial charge < -0.3 is 19.7 Å². The van der Waals surface area contributed by atoms with Gasteiger partial charge in [-0.2, -0.15) is 0 Å². The molecule has 0 aliphatic carbocycles. The van der Waals surface area contributed by atoms with E-state index in [4.69, 9.17) is 9.47 Å². The normalized spacial score (nSPS) is 18.9. The molecule has 1 heterocycles. The van der Waals surface area contributed by atoms with Crippen molar-refractivity contribution in [3.8, 4) is 0 Å². The number of esters is 1. The molecule has 7 heteroatoms. The third-order valence-electron chi connectivity index (χ3n) is 5.33. The zero-order valence-electron chi connectivity index (χ0n) is 18.4. The Morgan fingerprint density at radius 1 is 1.06 bits per heavy atom. The zero-order valence-corrected chi connectivity index (χ0v) is 18.4. The maximum absolute atomic E-state index is 13.0. The van der Waals surface area contributed by atoms with Crippen molar-refractivity contribution in [2.45, 2.75) is 38.6 Å². The Morgan fingerprint density at radius 3 is 2.28 bits per heavy atom. The molecular formula is C25H28N2O5. The Hall–Kier alpha value is -3.61. The third kappa shape index (κ3) is 5.35. The topological polar surface area (TPSA) is 84.9 Å². The van der Waals surface area contributed by atoms with Crippen molar-refractivity contribution in [3.63, 3.8) is 0 Å². The molecule has 1 saturated heterocycles. The highest BCUT2D eigenvalue weighted by molar-refractivity contribution is 5.96. The molecule has 0 aromatic heterocycles. The monoisotopic (exact) mass is 436 g/mol. The van der Waals surface area contributed by atoms with E-state index in [2.05, 4.69) is 5.32 Å². The van der Waals surface area contributed by atoms with Crippen LogP contribution in [0.5, 0.6) is 0 Å². The summed E-state index contributed by atoms with van der Waals surface area (Å²) in [5.41, 5.74) is 1.78. The Balaban J connectivity index is 1.75. The standard InChI is InChI=1S/C25H28N2O5/c1-17(2)22(24(29)31-3)27-20(15-14-18-10-6-4-7-11-18)21(23(27)28)26-25(30)32-16-19-12-8-5-9-13-19/h4-15,17,20-22H,16H2,1-3H3,(H,26,30)/t20-,21+,22-/m0/s1. The lowest BCUT2D eigenvalue weighted by atomic mass is 9.88. The first-order valence-electron chi connectivity index (χ1n) is 10.5. The Bertz CT molecular complexity index is 959. The van der Waals surface area contributed by atoms with E-state index < -0.39 is 30.2 Å². The molecule has 0 unspecified atom stereocenters. The van der Waals surface area contributed by atoms with Crippen LogP contribution in [0.15, 0.2) is 66.7 Å². The first-order chi connectivity index (χ1) is 15.4. The highest BCUT2D eigenvalue weighted by Gasteiger charge is 2.52. The molecule has 168 valence electrons. The second-order valence-electron chi connectivity index (χ2n) is 7.90. The molecule has 0 saturated carbocycles. The fraction of sp³-hybridized carbons (Fsp3) is 0.320. The van der Waals surface area contributed by atoms with Crippen molar-refractivity contribution >= 4 is 24.0 Å². The number of hydrogen-bond donors (Lipinski definition) is 1. The molecule has 1 aliphatic heterocycles. The van der Waals surface area contributed by atoms with Gasteiger partial charge in [0.2, 0.25) is 5.91 Å². The van der Waals surface area contributed by atoms with Crippen molar-refractivity contribution in [2.24, 2.45) is 5.92 Å². The fourth-order valence-electron chi connectivity index (χ4n) is 3.70. The van der Waals surface area contributed by atoms with Gasteiger partial charge in [-0.1, -0.05) is 86.7 Å². The van der Waals surface area contributed by atoms with Gasteiger partial charge in [-0.25, -0.2) is 9.59 Å². The lowest BCUT2D eigenvalue weighted by Crippen LogP contribution is -2.74. The largest absolute Gasteiger partial charge is 0.467 e. The van der Waals surface area contributed by atoms with Crippen LogP contribution in [0.2, 0.25) is 0 Å². The highest BCUT2D eigenvalue weighted by atomic mass is 16.5. The van der Waals surface area contributed by atoms with Gasteiger partial charge in [0.05, 0.1) is 13.2 Å². The van der Waals surface area contributed by atoms with E-state index in [9.17, 15) is 14.4 Å². The van der Waals surface area contributed by atoms with Crippen LogP contribution in [0.25, 0.3) is 6.08 Å². The smallest absolute Gasteiger partial charge is 0.408 e. The van der Waals surface area contributed by atoms with E-state index >= 15 is 0 Å². The number of β-lactam (4-membered cyclic amide) rings is 1. The molecule has 2 aromatic carbocycles. The molecule has 3 rings (SSSR count). The maximum Gasteiger partial charge on any atom is 0.408 e. The maximum atomic E-state index is 13.0. The summed E-state index contributed by atoms with van der Waals surface area (Å²) < 4.78 is 10.2. The van der Waals surface area contributed by atoms with Gasteiger partial charge in [0, 0.05) is 0 Å². The minimum Gasteiger partial charge on any atom is -0.467 e. The van der Waals surface area contributed by atoms with Crippen molar-refractivity contribution in [1.29, 1.82) is 0 Å². The molecule has 0 spiro atoms. The summed E-state index contributed by atoms with van der Waals surface area (Å²) in [4.78, 5) is 39.2. The van der Waals surface area contributed by atoms with Crippen LogP contribution in [0.3, 0.4) is 0 Å². The molecule has 0 bridgehead atoms. The fourth-order valence-corrected chi connectivity index (χ4v) is 3.70. The Morgan fingerprint density at radius 2 is 1.69 bits per heavy atom. The quantitative estimate of drug-likeness (QED) is 0.506. The molecule has 3 atom stereocenters. The molecule has 1 N–H and O–H groups in total. The van der Waals surface area contributed by atoms with E-state index in [1.807, 2.05) is 86.7 Å². The number of methoxy groups -OCH3 is 1. The Kier molecular flexibility index (Phi) is 7.65. The summed E-state index contributed by atoms with van der Waals surface area (Å²) in [6.45, 7) is 3.79. The van der Waals surface area contributed by atoms with Crippen LogP contribution >= 0.6 is 0 Å². The van der Waals surface area contributed by atoms with Gasteiger partial charge in [0.1, 0.15) is 18.7 Å². The summed E-state index contributed by atoms with van der Waals surface area (Å²) in [5, 5.41) is 2.65. The summed E-state index contributed by atoms with van der Waals surface area (Å²) in [5.74, 6) is -1.00. The molecule has 2 aromatic rings. The molecule has 0 radical (unpaired) electrons. The minimum absolute atomic E-state index is 0.0958. The lowest BCUT2D eigenvalue weighted by Gasteiger charge is -2.49. The number of carbonyl (C=O) groups excluding carboxylic acids is 3. The first kappa shape index (κ1) is 23.1. The third-order valence-corrected chi connectivity index (χ3v) is 5.33. The number of alkyl carbamates (subject to hydrolysis) is 1. The van der Waals surface area contributed by atoms with E-state index in [0.29, 0.717) is 0 Å². The van der Waals surface area contributed by atoms with Crippen LogP contribution in [0.1, 0.15) is 25.0 Å². The number of benzene rings is 2. The Labute approximate surface area is 188 Å². The van der Waals surface area contributed by atoms with Crippen LogP contribution in [0.4, 0.5) is 4.79 Å². The summed E-state index contributed by atoms with van der Waals surface area (Å²) in [6, 6.07) is 16.8. The van der Waals surface area contributed by atoms with Crippen molar-refractivity contribution < 1.29 is 23.9 Å². The van der Waals surface area contributed by atoms with Crippen LogP contribution < -0.4 is 5.32 Å². The first-order valence-corrected chi connectivity index (χ1v) is 10.5. The highest BCUT2D eigenvalue weighted by Crippen LogP contribution is 2.29. The predicted molar refractivity (Wildman–Crippen MR) is 120 cm³/mol. The predicted octanol–water partition coefficient (Wildman–Crippen LogP) is 3.40. The van der Waals surface area contributed by atoms with Gasteiger partial charge in [-0.05, 0) is 17.0 Å². The minimum atomic E-state index is -0.829. The van der Waals surface area contributed by atoms with Crippen molar-refractivity contribution in [3.05, 3.63) is 77.9 Å². The van der Waals surface area contributed by atoms with E-state index in [-0.39, 0.29) is 18.4 Å². The molecule has 32 heavy (non-hydrogen) atoms. The number of rotatable bonds is 8. The van der Waals surface area contributed by atoms with Gasteiger partial charge >= 0.3 is 12.1 Å².